The summed E-state index contributed by atoms with van der Waals surface area (Å²) in [7, 11) is -0.694. The van der Waals surface area contributed by atoms with Gasteiger partial charge < -0.3 is 10.1 Å². The smallest absolute Gasteiger partial charge is 0.251 e. The fourth-order valence-electron chi connectivity index (χ4n) is 2.88. The van der Waals surface area contributed by atoms with Crippen LogP contribution in [0.5, 0.6) is 5.75 Å². The largest absolute Gasteiger partial charge is 0.491 e. The van der Waals surface area contributed by atoms with Crippen molar-refractivity contribution in [3.63, 3.8) is 0 Å². The zero-order valence-electron chi connectivity index (χ0n) is 16.9. The number of para-hydroxylation sites is 1. The first-order valence-electron chi connectivity index (χ1n) is 9.47. The van der Waals surface area contributed by atoms with Crippen molar-refractivity contribution >= 4 is 15.9 Å². The lowest BCUT2D eigenvalue weighted by Gasteiger charge is -2.13. The predicted molar refractivity (Wildman–Crippen MR) is 117 cm³/mol. The average molecular weight is 425 g/mol. The maximum absolute atomic E-state index is 12.4. The van der Waals surface area contributed by atoms with E-state index in [2.05, 4.69) is 5.32 Å². The summed E-state index contributed by atoms with van der Waals surface area (Å²) in [5.41, 5.74) is 2.31. The molecule has 0 bridgehead atoms. The maximum Gasteiger partial charge on any atom is 0.251 e. The Bertz CT molecular complexity index is 1110. The number of carbonyl (C=O) groups is 1. The molecule has 0 atom stereocenters. The van der Waals surface area contributed by atoms with E-state index in [4.69, 9.17) is 4.74 Å². The third kappa shape index (κ3) is 5.06. The number of hydrogen-bond acceptors (Lipinski definition) is 4. The van der Waals surface area contributed by atoms with E-state index in [1.54, 1.807) is 12.1 Å². The minimum absolute atomic E-state index is 0.0770. The van der Waals surface area contributed by atoms with Gasteiger partial charge in [0, 0.05) is 25.2 Å². The second-order valence-corrected chi connectivity index (χ2v) is 8.93. The Labute approximate surface area is 177 Å². The van der Waals surface area contributed by atoms with E-state index in [0.29, 0.717) is 0 Å². The maximum atomic E-state index is 12.4. The molecule has 0 aliphatic rings. The second kappa shape index (κ2) is 9.56. The first-order valence-corrected chi connectivity index (χ1v) is 10.9. The molecule has 7 heteroatoms. The van der Waals surface area contributed by atoms with E-state index in [9.17, 15) is 13.2 Å². The monoisotopic (exact) mass is 424 g/mol. The zero-order chi connectivity index (χ0) is 21.6. The van der Waals surface area contributed by atoms with Crippen LogP contribution >= 0.6 is 0 Å². The Balaban J connectivity index is 1.60. The lowest BCUT2D eigenvalue weighted by Crippen LogP contribution is -2.28. The van der Waals surface area contributed by atoms with Crippen LogP contribution in [-0.4, -0.2) is 45.9 Å². The van der Waals surface area contributed by atoms with Gasteiger partial charge in [-0.1, -0.05) is 54.6 Å². The first-order chi connectivity index (χ1) is 14.4. The molecule has 0 spiro atoms. The van der Waals surface area contributed by atoms with Gasteiger partial charge in [0.05, 0.1) is 11.4 Å². The molecule has 0 aliphatic carbocycles. The summed E-state index contributed by atoms with van der Waals surface area (Å²) in [5.74, 6) is 0.378. The molecular weight excluding hydrogens is 400 g/mol. The molecule has 6 nitrogen and oxygen atoms in total. The first kappa shape index (κ1) is 21.5. The fourth-order valence-corrected chi connectivity index (χ4v) is 3.83. The lowest BCUT2D eigenvalue weighted by atomic mass is 10.1. The normalized spacial score (nSPS) is 11.3. The molecule has 0 radical (unpaired) electrons. The molecule has 3 rings (SSSR count). The van der Waals surface area contributed by atoms with Crippen molar-refractivity contribution in [2.45, 2.75) is 4.90 Å². The number of sulfonamides is 1. The van der Waals surface area contributed by atoms with Gasteiger partial charge in [0.25, 0.3) is 5.91 Å². The molecule has 0 aliphatic heterocycles. The van der Waals surface area contributed by atoms with E-state index in [1.807, 2.05) is 54.6 Å². The van der Waals surface area contributed by atoms with Gasteiger partial charge in [-0.2, -0.15) is 0 Å². The molecular formula is C23H24N2O4S. The average Bonchev–Trinajstić information content (AvgIpc) is 2.77. The number of carbonyl (C=O) groups excluding carboxylic acids is 1. The summed E-state index contributed by atoms with van der Waals surface area (Å²) in [6.07, 6.45) is 0. The summed E-state index contributed by atoms with van der Waals surface area (Å²) < 4.78 is 31.5. The molecule has 0 aromatic heterocycles. The van der Waals surface area contributed by atoms with E-state index < -0.39 is 10.0 Å². The standard InChI is InChI=1S/C23H24N2O4S/c1-25(2)30(27,28)20-12-8-11-19(17-20)23(26)24-15-16-29-22-14-7-6-13-21(22)18-9-4-3-5-10-18/h3-14,17H,15-16H2,1-2H3,(H,24,26). The summed E-state index contributed by atoms with van der Waals surface area (Å²) in [6.45, 7) is 0.567. The van der Waals surface area contributed by atoms with Crippen LogP contribution in [0.4, 0.5) is 0 Å². The molecule has 0 saturated carbocycles. The highest BCUT2D eigenvalue weighted by Gasteiger charge is 2.18. The van der Waals surface area contributed by atoms with Crippen molar-refractivity contribution in [1.82, 2.24) is 9.62 Å². The van der Waals surface area contributed by atoms with Crippen LogP contribution < -0.4 is 10.1 Å². The molecule has 3 aromatic rings. The number of ether oxygens (including phenoxy) is 1. The summed E-state index contributed by atoms with van der Waals surface area (Å²) in [5, 5.41) is 2.76. The molecule has 0 saturated heterocycles. The Morgan fingerprint density at radius 2 is 1.63 bits per heavy atom. The quantitative estimate of drug-likeness (QED) is 0.562. The van der Waals surface area contributed by atoms with Gasteiger partial charge >= 0.3 is 0 Å². The molecule has 0 heterocycles. The Morgan fingerprint density at radius 1 is 0.933 bits per heavy atom. The van der Waals surface area contributed by atoms with Crippen LogP contribution in [0, 0.1) is 0 Å². The highest BCUT2D eigenvalue weighted by Crippen LogP contribution is 2.29. The number of benzene rings is 3. The highest BCUT2D eigenvalue weighted by molar-refractivity contribution is 7.89. The van der Waals surface area contributed by atoms with Crippen LogP contribution in [0.1, 0.15) is 10.4 Å². The number of rotatable bonds is 8. The van der Waals surface area contributed by atoms with E-state index in [1.165, 1.54) is 26.2 Å². The number of nitrogens with zero attached hydrogens (tertiary/aromatic N) is 1. The zero-order valence-corrected chi connectivity index (χ0v) is 17.7. The summed E-state index contributed by atoms with van der Waals surface area (Å²) in [4.78, 5) is 12.5. The van der Waals surface area contributed by atoms with Crippen LogP contribution in [-0.2, 0) is 10.0 Å². The fraction of sp³-hybridized carbons (Fsp3) is 0.174. The summed E-state index contributed by atoms with van der Waals surface area (Å²) in [6, 6.07) is 23.6. The van der Waals surface area contributed by atoms with Crippen molar-refractivity contribution in [3.05, 3.63) is 84.4 Å². The Morgan fingerprint density at radius 3 is 2.37 bits per heavy atom. The van der Waals surface area contributed by atoms with E-state index in [-0.39, 0.29) is 29.5 Å². The number of amides is 1. The highest BCUT2D eigenvalue weighted by atomic mass is 32.2. The van der Waals surface area contributed by atoms with Crippen molar-refractivity contribution in [2.24, 2.45) is 0 Å². The van der Waals surface area contributed by atoms with Crippen molar-refractivity contribution < 1.29 is 17.9 Å². The molecule has 3 aromatic carbocycles. The SMILES string of the molecule is CN(C)S(=O)(=O)c1cccc(C(=O)NCCOc2ccccc2-c2ccccc2)c1. The van der Waals surface area contributed by atoms with E-state index >= 15 is 0 Å². The number of nitrogens with one attached hydrogen (secondary N) is 1. The van der Waals surface area contributed by atoms with Gasteiger partial charge in [-0.05, 0) is 29.8 Å². The third-order valence-electron chi connectivity index (χ3n) is 4.49. The van der Waals surface area contributed by atoms with Crippen molar-refractivity contribution in [3.8, 4) is 16.9 Å². The van der Waals surface area contributed by atoms with Gasteiger partial charge in [-0.3, -0.25) is 4.79 Å². The van der Waals surface area contributed by atoms with Crippen molar-refractivity contribution in [2.75, 3.05) is 27.2 Å². The molecule has 0 unspecified atom stereocenters. The second-order valence-electron chi connectivity index (χ2n) is 6.78. The van der Waals surface area contributed by atoms with Crippen LogP contribution in [0.2, 0.25) is 0 Å². The van der Waals surface area contributed by atoms with E-state index in [0.717, 1.165) is 21.2 Å². The topological polar surface area (TPSA) is 75.7 Å². The van der Waals surface area contributed by atoms with Crippen LogP contribution in [0.25, 0.3) is 11.1 Å². The van der Waals surface area contributed by atoms with Gasteiger partial charge in [-0.25, -0.2) is 12.7 Å². The lowest BCUT2D eigenvalue weighted by molar-refractivity contribution is 0.0947. The van der Waals surface area contributed by atoms with Crippen LogP contribution in [0.3, 0.4) is 0 Å². The minimum atomic E-state index is -3.60. The molecule has 1 amide bonds. The van der Waals surface area contributed by atoms with Gasteiger partial charge in [-0.15, -0.1) is 0 Å². The molecule has 30 heavy (non-hydrogen) atoms. The molecule has 0 fully saturated rings. The molecule has 1 N–H and O–H groups in total. The number of hydrogen-bond donors (Lipinski definition) is 1. The predicted octanol–water partition coefficient (Wildman–Crippen LogP) is 3.41. The van der Waals surface area contributed by atoms with Gasteiger partial charge in [0.2, 0.25) is 10.0 Å². The molecule has 156 valence electrons. The third-order valence-corrected chi connectivity index (χ3v) is 6.30. The van der Waals surface area contributed by atoms with Gasteiger partial charge in [0.15, 0.2) is 0 Å². The van der Waals surface area contributed by atoms with Crippen LogP contribution in [0.15, 0.2) is 83.8 Å². The van der Waals surface area contributed by atoms with Crippen molar-refractivity contribution in [1.29, 1.82) is 0 Å². The summed E-state index contributed by atoms with van der Waals surface area (Å²) >= 11 is 0. The Kier molecular flexibility index (Phi) is 6.87. The minimum Gasteiger partial charge on any atom is -0.491 e. The van der Waals surface area contributed by atoms with Gasteiger partial charge in [0.1, 0.15) is 12.4 Å². The Hall–Kier alpha value is -3.16.